The molecule has 1 aromatic carbocycles. The first-order valence-corrected chi connectivity index (χ1v) is 10.7. The molecule has 1 aliphatic heterocycles. The minimum Gasteiger partial charge on any atom is -0.402 e. The van der Waals surface area contributed by atoms with Crippen molar-refractivity contribution in [2.75, 3.05) is 0 Å². The highest BCUT2D eigenvalue weighted by atomic mass is 16.7. The predicted octanol–water partition coefficient (Wildman–Crippen LogP) is 3.60. The van der Waals surface area contributed by atoms with Gasteiger partial charge in [0.2, 0.25) is 0 Å². The van der Waals surface area contributed by atoms with E-state index >= 15 is 0 Å². The number of hydrogen-bond donors (Lipinski definition) is 1. The highest BCUT2D eigenvalue weighted by Crippen LogP contribution is 2.27. The molecule has 5 nitrogen and oxygen atoms in total. The minimum atomic E-state index is -0.327. The van der Waals surface area contributed by atoms with Gasteiger partial charge in [0.05, 0.1) is 23.8 Å². The van der Waals surface area contributed by atoms with Crippen molar-refractivity contribution in [2.24, 2.45) is 0 Å². The summed E-state index contributed by atoms with van der Waals surface area (Å²) in [5.74, 6) is 0. The van der Waals surface area contributed by atoms with Gasteiger partial charge in [0.1, 0.15) is 0 Å². The molecule has 0 radical (unpaired) electrons. The standard InChI is InChI=1S/C24H29BN2O3/c1-17-24(2,3)30-25(29-17)22-8-9-23-21(12-22)11-19(15-27-23)7-5-4-6-18-10-20(16-28)14-26-13-18/h8-15,17,28H,4-7,16H2,1-3H3. The van der Waals surface area contributed by atoms with E-state index in [1.54, 1.807) is 6.20 Å². The Kier molecular flexibility index (Phi) is 6.18. The predicted molar refractivity (Wildman–Crippen MR) is 120 cm³/mol. The topological polar surface area (TPSA) is 64.5 Å². The number of pyridine rings is 2. The van der Waals surface area contributed by atoms with Gasteiger partial charge in [-0.25, -0.2) is 0 Å². The van der Waals surface area contributed by atoms with Crippen LogP contribution in [0.15, 0.2) is 48.9 Å². The van der Waals surface area contributed by atoms with Crippen LogP contribution in [0.3, 0.4) is 0 Å². The van der Waals surface area contributed by atoms with Gasteiger partial charge in [-0.1, -0.05) is 18.2 Å². The molecular weight excluding hydrogens is 375 g/mol. The molecule has 2 aromatic heterocycles. The van der Waals surface area contributed by atoms with Gasteiger partial charge in [0, 0.05) is 24.0 Å². The molecule has 3 heterocycles. The van der Waals surface area contributed by atoms with E-state index in [2.05, 4.69) is 42.9 Å². The molecule has 1 aliphatic rings. The van der Waals surface area contributed by atoms with Gasteiger partial charge >= 0.3 is 7.12 Å². The van der Waals surface area contributed by atoms with Crippen LogP contribution in [-0.2, 0) is 28.8 Å². The smallest absolute Gasteiger partial charge is 0.402 e. The lowest BCUT2D eigenvalue weighted by atomic mass is 9.78. The molecule has 1 atom stereocenters. The Morgan fingerprint density at radius 3 is 2.43 bits per heavy atom. The maximum Gasteiger partial charge on any atom is 0.494 e. The summed E-state index contributed by atoms with van der Waals surface area (Å²) in [6, 6.07) is 10.5. The summed E-state index contributed by atoms with van der Waals surface area (Å²) in [4.78, 5) is 8.82. The van der Waals surface area contributed by atoms with Crippen LogP contribution in [0, 0.1) is 0 Å². The second-order valence-electron chi connectivity index (χ2n) is 8.69. The fraction of sp³-hybridized carbons (Fsp3) is 0.417. The van der Waals surface area contributed by atoms with Crippen LogP contribution in [-0.4, -0.2) is 33.9 Å². The van der Waals surface area contributed by atoms with Gasteiger partial charge in [-0.15, -0.1) is 0 Å². The maximum absolute atomic E-state index is 9.23. The quantitative estimate of drug-likeness (QED) is 0.482. The number of unbranched alkanes of at least 4 members (excludes halogenated alkanes) is 1. The van der Waals surface area contributed by atoms with Crippen LogP contribution in [0.1, 0.15) is 50.3 Å². The Morgan fingerprint density at radius 1 is 1.00 bits per heavy atom. The Bertz CT molecular complexity index is 1020. The van der Waals surface area contributed by atoms with E-state index in [4.69, 9.17) is 9.31 Å². The highest BCUT2D eigenvalue weighted by molar-refractivity contribution is 6.62. The van der Waals surface area contributed by atoms with Crippen LogP contribution in [0.4, 0.5) is 0 Å². The van der Waals surface area contributed by atoms with E-state index < -0.39 is 0 Å². The normalized spacial score (nSPS) is 18.3. The molecule has 1 N–H and O–H groups in total. The summed E-state index contributed by atoms with van der Waals surface area (Å²) in [5.41, 5.74) is 5.02. The molecule has 4 rings (SSSR count). The number of hydrogen-bond acceptors (Lipinski definition) is 5. The van der Waals surface area contributed by atoms with Gasteiger partial charge < -0.3 is 14.4 Å². The van der Waals surface area contributed by atoms with Crippen LogP contribution >= 0.6 is 0 Å². The molecule has 156 valence electrons. The van der Waals surface area contributed by atoms with Crippen molar-refractivity contribution in [3.05, 3.63) is 65.6 Å². The lowest BCUT2D eigenvalue weighted by Crippen LogP contribution is -2.34. The molecule has 0 aliphatic carbocycles. The van der Waals surface area contributed by atoms with Crippen molar-refractivity contribution in [3.63, 3.8) is 0 Å². The zero-order chi connectivity index (χ0) is 21.1. The molecule has 0 saturated carbocycles. The first-order chi connectivity index (χ1) is 14.4. The Labute approximate surface area is 178 Å². The second kappa shape index (κ2) is 8.84. The Morgan fingerprint density at radius 2 is 1.73 bits per heavy atom. The number of nitrogens with zero attached hydrogens (tertiary/aromatic N) is 2. The zero-order valence-corrected chi connectivity index (χ0v) is 18.0. The fourth-order valence-corrected chi connectivity index (χ4v) is 3.80. The molecule has 6 heteroatoms. The van der Waals surface area contributed by atoms with Gasteiger partial charge in [0.25, 0.3) is 0 Å². The number of aliphatic hydroxyl groups is 1. The number of rotatable bonds is 7. The van der Waals surface area contributed by atoms with Crippen molar-refractivity contribution in [2.45, 2.75) is 64.8 Å². The summed E-state index contributed by atoms with van der Waals surface area (Å²) < 4.78 is 12.1. The minimum absolute atomic E-state index is 0.0406. The van der Waals surface area contributed by atoms with Gasteiger partial charge in [-0.3, -0.25) is 9.97 Å². The highest BCUT2D eigenvalue weighted by Gasteiger charge is 2.43. The van der Waals surface area contributed by atoms with E-state index in [1.807, 2.05) is 30.6 Å². The van der Waals surface area contributed by atoms with Crippen molar-refractivity contribution < 1.29 is 14.4 Å². The summed E-state index contributed by atoms with van der Waals surface area (Å²) in [5, 5.41) is 10.4. The van der Waals surface area contributed by atoms with Gasteiger partial charge in [-0.2, -0.15) is 0 Å². The SMILES string of the molecule is CC1OB(c2ccc3ncc(CCCCc4cncc(CO)c4)cc3c2)OC1(C)C. The van der Waals surface area contributed by atoms with Crippen LogP contribution < -0.4 is 5.46 Å². The third kappa shape index (κ3) is 4.72. The van der Waals surface area contributed by atoms with E-state index in [1.165, 1.54) is 11.1 Å². The fourth-order valence-electron chi connectivity index (χ4n) is 3.80. The third-order valence-corrected chi connectivity index (χ3v) is 5.97. The van der Waals surface area contributed by atoms with E-state index in [0.717, 1.165) is 47.6 Å². The molecule has 30 heavy (non-hydrogen) atoms. The van der Waals surface area contributed by atoms with Crippen molar-refractivity contribution in [1.82, 2.24) is 9.97 Å². The first kappa shape index (κ1) is 21.0. The molecule has 0 amide bonds. The monoisotopic (exact) mass is 404 g/mol. The summed E-state index contributed by atoms with van der Waals surface area (Å²) >= 11 is 0. The number of aliphatic hydroxyl groups excluding tert-OH is 1. The third-order valence-electron chi connectivity index (χ3n) is 5.97. The molecule has 0 spiro atoms. The molecule has 1 unspecified atom stereocenters. The number of benzene rings is 1. The van der Waals surface area contributed by atoms with E-state index in [-0.39, 0.29) is 25.4 Å². The Balaban J connectivity index is 1.39. The zero-order valence-electron chi connectivity index (χ0n) is 18.0. The lowest BCUT2D eigenvalue weighted by molar-refractivity contribution is 0.0842. The summed E-state index contributed by atoms with van der Waals surface area (Å²) in [6.45, 7) is 6.22. The van der Waals surface area contributed by atoms with E-state index in [0.29, 0.717) is 0 Å². The molecular formula is C24H29BN2O3. The van der Waals surface area contributed by atoms with Crippen LogP contribution in [0.5, 0.6) is 0 Å². The van der Waals surface area contributed by atoms with E-state index in [9.17, 15) is 5.11 Å². The van der Waals surface area contributed by atoms with Gasteiger partial charge in [0.15, 0.2) is 0 Å². The summed E-state index contributed by atoms with van der Waals surface area (Å²) in [6.07, 6.45) is 9.73. The number of aryl methyl sites for hydroxylation is 2. The van der Waals surface area contributed by atoms with Crippen LogP contribution in [0.2, 0.25) is 0 Å². The van der Waals surface area contributed by atoms with Crippen molar-refractivity contribution in [3.8, 4) is 0 Å². The second-order valence-corrected chi connectivity index (χ2v) is 8.69. The molecule has 1 saturated heterocycles. The average Bonchev–Trinajstić information content (AvgIpc) is 3.03. The average molecular weight is 404 g/mol. The Hall–Kier alpha value is -2.28. The van der Waals surface area contributed by atoms with Gasteiger partial charge in [-0.05, 0) is 80.7 Å². The lowest BCUT2D eigenvalue weighted by Gasteiger charge is -2.21. The molecule has 3 aromatic rings. The van der Waals surface area contributed by atoms with Crippen molar-refractivity contribution >= 4 is 23.5 Å². The first-order valence-electron chi connectivity index (χ1n) is 10.7. The number of fused-ring (bicyclic) bond motifs is 1. The largest absolute Gasteiger partial charge is 0.494 e. The number of aromatic nitrogens is 2. The van der Waals surface area contributed by atoms with Crippen molar-refractivity contribution in [1.29, 1.82) is 0 Å². The molecule has 1 fully saturated rings. The molecule has 0 bridgehead atoms. The maximum atomic E-state index is 9.23. The van der Waals surface area contributed by atoms with Crippen LogP contribution in [0.25, 0.3) is 10.9 Å². The summed E-state index contributed by atoms with van der Waals surface area (Å²) in [7, 11) is -0.327.